The van der Waals surface area contributed by atoms with Crippen LogP contribution in [0.4, 0.5) is 16.2 Å². The first-order valence-corrected chi connectivity index (χ1v) is 12.6. The van der Waals surface area contributed by atoms with Crippen molar-refractivity contribution in [1.29, 1.82) is 0 Å². The summed E-state index contributed by atoms with van der Waals surface area (Å²) in [7, 11) is 0. The number of amides is 3. The molecule has 0 fully saturated rings. The van der Waals surface area contributed by atoms with Gasteiger partial charge in [0.15, 0.2) is 0 Å². The van der Waals surface area contributed by atoms with Crippen molar-refractivity contribution in [1.82, 2.24) is 10.3 Å². The Hall–Kier alpha value is -3.72. The lowest BCUT2D eigenvalue weighted by Gasteiger charge is -2.28. The molecule has 1 N–H and O–H groups in total. The topological polar surface area (TPSA) is 91.8 Å². The first-order chi connectivity index (χ1) is 17.5. The van der Waals surface area contributed by atoms with Gasteiger partial charge in [0.05, 0.1) is 17.8 Å². The molecule has 2 heterocycles. The zero-order valence-electron chi connectivity index (χ0n) is 19.7. The lowest BCUT2D eigenvalue weighted by Crippen LogP contribution is -2.38. The van der Waals surface area contributed by atoms with Crippen molar-refractivity contribution in [3.63, 3.8) is 0 Å². The summed E-state index contributed by atoms with van der Waals surface area (Å²) in [5.74, 6) is -0.492. The Bertz CT molecular complexity index is 1220. The van der Waals surface area contributed by atoms with Gasteiger partial charge in [0.25, 0.3) is 5.91 Å². The summed E-state index contributed by atoms with van der Waals surface area (Å²) < 4.78 is 6.08. The van der Waals surface area contributed by atoms with E-state index in [1.165, 1.54) is 6.20 Å². The van der Waals surface area contributed by atoms with Crippen molar-refractivity contribution in [3.05, 3.63) is 88.7 Å². The molecule has 4 rings (SSSR count). The molecule has 2 aromatic carbocycles. The highest BCUT2D eigenvalue weighted by molar-refractivity contribution is 9.10. The van der Waals surface area contributed by atoms with Crippen molar-refractivity contribution < 1.29 is 19.1 Å². The molecule has 9 heteroatoms. The maximum Gasteiger partial charge on any atom is 0.414 e. The average Bonchev–Trinajstić information content (AvgIpc) is 2.91. The maximum atomic E-state index is 13.2. The molecule has 1 aromatic heterocycles. The molecular formula is C27H27BrN4O4. The van der Waals surface area contributed by atoms with Crippen LogP contribution in [-0.2, 0) is 16.0 Å². The normalized spacial score (nSPS) is 12.4. The summed E-state index contributed by atoms with van der Waals surface area (Å²) in [4.78, 5) is 45.4. The molecular weight excluding hydrogens is 524 g/mol. The molecule has 3 amide bonds. The molecule has 3 aromatic rings. The Balaban J connectivity index is 1.27. The Labute approximate surface area is 218 Å². The number of aryl methyl sites for hydroxylation is 1. The molecule has 0 radical (unpaired) electrons. The Morgan fingerprint density at radius 3 is 2.64 bits per heavy atom. The summed E-state index contributed by atoms with van der Waals surface area (Å²) in [6, 6.07) is 18.7. The third kappa shape index (κ3) is 6.48. The van der Waals surface area contributed by atoms with Crippen molar-refractivity contribution in [2.24, 2.45) is 0 Å². The number of aromatic nitrogens is 1. The van der Waals surface area contributed by atoms with Gasteiger partial charge in [-0.25, -0.2) is 4.79 Å². The third-order valence-electron chi connectivity index (χ3n) is 5.81. The molecule has 0 saturated carbocycles. The summed E-state index contributed by atoms with van der Waals surface area (Å²) >= 11 is 3.34. The van der Waals surface area contributed by atoms with Gasteiger partial charge in [0, 0.05) is 42.1 Å². The van der Waals surface area contributed by atoms with Gasteiger partial charge in [-0.15, -0.1) is 0 Å². The van der Waals surface area contributed by atoms with Crippen LogP contribution in [0.1, 0.15) is 28.8 Å². The SMILES string of the molecule is O=C(CCN(C(=O)c1cncc(Br)c1)c1ccccc1)NCCOC(=O)N1CCCc2ccccc21. The van der Waals surface area contributed by atoms with Crippen LogP contribution in [0.25, 0.3) is 0 Å². The standard InChI is InChI=1S/C27H27BrN4O4/c28-22-17-21(18-29-19-22)26(34)31(23-9-2-1-3-10-23)15-12-25(33)30-13-16-36-27(35)32-14-6-8-20-7-4-5-11-24(20)32/h1-5,7,9-11,17-19H,6,8,12-16H2,(H,30,33). The molecule has 0 saturated heterocycles. The minimum absolute atomic E-state index is 0.0638. The van der Waals surface area contributed by atoms with Gasteiger partial charge in [-0.1, -0.05) is 36.4 Å². The molecule has 0 atom stereocenters. The number of hydrogen-bond donors (Lipinski definition) is 1. The van der Waals surface area contributed by atoms with E-state index in [2.05, 4.69) is 26.2 Å². The molecule has 0 bridgehead atoms. The van der Waals surface area contributed by atoms with Gasteiger partial charge < -0.3 is 15.0 Å². The van der Waals surface area contributed by atoms with Crippen LogP contribution in [-0.4, -0.2) is 49.1 Å². The molecule has 0 spiro atoms. The van der Waals surface area contributed by atoms with Gasteiger partial charge in [0.1, 0.15) is 6.61 Å². The third-order valence-corrected chi connectivity index (χ3v) is 6.24. The summed E-state index contributed by atoms with van der Waals surface area (Å²) in [6.07, 6.45) is 4.60. The second kappa shape index (κ2) is 12.3. The predicted molar refractivity (Wildman–Crippen MR) is 141 cm³/mol. The number of anilines is 2. The van der Waals surface area contributed by atoms with Gasteiger partial charge in [0.2, 0.25) is 5.91 Å². The molecule has 0 aliphatic carbocycles. The minimum Gasteiger partial charge on any atom is -0.447 e. The Morgan fingerprint density at radius 1 is 1.06 bits per heavy atom. The summed E-state index contributed by atoms with van der Waals surface area (Å²) in [5, 5.41) is 2.76. The fourth-order valence-electron chi connectivity index (χ4n) is 4.07. The van der Waals surface area contributed by atoms with Crippen molar-refractivity contribution in [2.45, 2.75) is 19.3 Å². The van der Waals surface area contributed by atoms with Crippen LogP contribution in [0.15, 0.2) is 77.5 Å². The summed E-state index contributed by atoms with van der Waals surface area (Å²) in [5.41, 5.74) is 3.11. The number of nitrogens with zero attached hydrogens (tertiary/aromatic N) is 3. The van der Waals surface area contributed by atoms with Crippen molar-refractivity contribution >= 4 is 45.2 Å². The first kappa shape index (κ1) is 25.4. The van der Waals surface area contributed by atoms with Gasteiger partial charge in [-0.2, -0.15) is 0 Å². The van der Waals surface area contributed by atoms with E-state index in [-0.39, 0.29) is 37.9 Å². The number of hydrogen-bond acceptors (Lipinski definition) is 5. The number of pyridine rings is 1. The number of fused-ring (bicyclic) bond motifs is 1. The van der Waals surface area contributed by atoms with Crippen LogP contribution >= 0.6 is 15.9 Å². The van der Waals surface area contributed by atoms with Crippen LogP contribution in [0, 0.1) is 0 Å². The van der Waals surface area contributed by atoms with E-state index in [0.717, 1.165) is 24.1 Å². The number of carbonyl (C=O) groups is 3. The predicted octanol–water partition coefficient (Wildman–Crippen LogP) is 4.59. The van der Waals surface area contributed by atoms with E-state index < -0.39 is 6.09 Å². The lowest BCUT2D eigenvalue weighted by atomic mass is 10.0. The summed E-state index contributed by atoms with van der Waals surface area (Å²) in [6.45, 7) is 1.05. The maximum absolute atomic E-state index is 13.2. The van der Waals surface area contributed by atoms with E-state index in [9.17, 15) is 14.4 Å². The van der Waals surface area contributed by atoms with Gasteiger partial charge in [-0.3, -0.25) is 19.5 Å². The zero-order valence-corrected chi connectivity index (χ0v) is 21.3. The van der Waals surface area contributed by atoms with Crippen molar-refractivity contribution in [2.75, 3.05) is 36.0 Å². The van der Waals surface area contributed by atoms with Crippen LogP contribution in [0.2, 0.25) is 0 Å². The zero-order chi connectivity index (χ0) is 25.3. The second-order valence-electron chi connectivity index (χ2n) is 8.28. The molecule has 1 aliphatic rings. The van der Waals surface area contributed by atoms with Crippen molar-refractivity contribution in [3.8, 4) is 0 Å². The molecule has 0 unspecified atom stereocenters. The van der Waals surface area contributed by atoms with E-state index in [0.29, 0.717) is 22.3 Å². The molecule has 36 heavy (non-hydrogen) atoms. The second-order valence-corrected chi connectivity index (χ2v) is 9.20. The number of rotatable bonds is 8. The Morgan fingerprint density at radius 2 is 1.83 bits per heavy atom. The fourth-order valence-corrected chi connectivity index (χ4v) is 4.44. The van der Waals surface area contributed by atoms with Crippen LogP contribution < -0.4 is 15.1 Å². The smallest absolute Gasteiger partial charge is 0.414 e. The highest BCUT2D eigenvalue weighted by Gasteiger charge is 2.23. The highest BCUT2D eigenvalue weighted by atomic mass is 79.9. The molecule has 186 valence electrons. The largest absolute Gasteiger partial charge is 0.447 e. The number of benzene rings is 2. The average molecular weight is 551 g/mol. The lowest BCUT2D eigenvalue weighted by molar-refractivity contribution is -0.121. The van der Waals surface area contributed by atoms with E-state index >= 15 is 0 Å². The Kier molecular flexibility index (Phi) is 8.67. The number of nitrogens with one attached hydrogen (secondary N) is 1. The first-order valence-electron chi connectivity index (χ1n) is 11.8. The van der Waals surface area contributed by atoms with Gasteiger partial charge >= 0.3 is 6.09 Å². The van der Waals surface area contributed by atoms with E-state index in [1.54, 1.807) is 22.1 Å². The fraction of sp³-hybridized carbons (Fsp3) is 0.259. The number of carbonyl (C=O) groups excluding carboxylic acids is 3. The number of ether oxygens (including phenoxy) is 1. The number of halogens is 1. The van der Waals surface area contributed by atoms with Crippen LogP contribution in [0.3, 0.4) is 0 Å². The van der Waals surface area contributed by atoms with Crippen LogP contribution in [0.5, 0.6) is 0 Å². The van der Waals surface area contributed by atoms with Gasteiger partial charge in [-0.05, 0) is 58.6 Å². The molecule has 8 nitrogen and oxygen atoms in total. The minimum atomic E-state index is -0.417. The highest BCUT2D eigenvalue weighted by Crippen LogP contribution is 2.27. The molecule has 1 aliphatic heterocycles. The van der Waals surface area contributed by atoms with E-state index in [4.69, 9.17) is 4.74 Å². The quantitative estimate of drug-likeness (QED) is 0.414. The monoisotopic (exact) mass is 550 g/mol. The number of para-hydroxylation sites is 2. The van der Waals surface area contributed by atoms with E-state index in [1.807, 2.05) is 54.6 Å².